The van der Waals surface area contributed by atoms with E-state index in [1.807, 2.05) is 24.3 Å². The van der Waals surface area contributed by atoms with Gasteiger partial charge in [0.1, 0.15) is 0 Å². The average molecular weight is 385 g/mol. The number of carbonyl (C=O) groups excluding carboxylic acids is 1. The first kappa shape index (κ1) is 19.3. The topological polar surface area (TPSA) is 69.6 Å². The lowest BCUT2D eigenvalue weighted by Gasteiger charge is -2.30. The second kappa shape index (κ2) is 8.48. The third-order valence-electron chi connectivity index (χ3n) is 4.95. The first-order valence-electron chi connectivity index (χ1n) is 9.06. The molecule has 3 rings (SSSR count). The van der Waals surface area contributed by atoms with Crippen LogP contribution in [0.1, 0.15) is 24.0 Å². The zero-order valence-corrected chi connectivity index (χ0v) is 16.4. The number of aliphatic carboxylic acids is 1. The second-order valence-corrected chi connectivity index (χ2v) is 8.05. The van der Waals surface area contributed by atoms with Crippen LogP contribution in [0, 0.1) is 19.8 Å². The fourth-order valence-corrected chi connectivity index (χ4v) is 3.97. The molecule has 1 fully saturated rings. The maximum atomic E-state index is 12.4. The van der Waals surface area contributed by atoms with Gasteiger partial charge >= 0.3 is 12.0 Å². The Balaban J connectivity index is 1.55. The number of nitrogens with zero attached hydrogens (tertiary/aromatic N) is 1. The average Bonchev–Trinajstić information content (AvgIpc) is 2.66. The van der Waals surface area contributed by atoms with E-state index in [0.717, 1.165) is 10.6 Å². The number of urea groups is 1. The van der Waals surface area contributed by atoms with Crippen LogP contribution in [0.3, 0.4) is 0 Å². The minimum absolute atomic E-state index is 0.173. The minimum Gasteiger partial charge on any atom is -0.481 e. The Morgan fingerprint density at radius 3 is 2.22 bits per heavy atom. The van der Waals surface area contributed by atoms with Crippen LogP contribution in [0.4, 0.5) is 10.5 Å². The van der Waals surface area contributed by atoms with Crippen LogP contribution in [0.25, 0.3) is 0 Å². The standard InChI is InChI=1S/C21H24N2O3S/c1-14-3-6-19(13-15(14)2)27-18-7-4-17(5-8-18)22-21(26)23-11-9-16(10-12-23)20(24)25/h3-8,13,16H,9-12H2,1-2H3,(H,22,26)(H,24,25). The number of hydrogen-bond donors (Lipinski definition) is 2. The van der Waals surface area contributed by atoms with Gasteiger partial charge in [-0.3, -0.25) is 4.79 Å². The molecule has 0 radical (unpaired) electrons. The van der Waals surface area contributed by atoms with E-state index in [4.69, 9.17) is 5.11 Å². The van der Waals surface area contributed by atoms with Crippen molar-refractivity contribution < 1.29 is 14.7 Å². The molecule has 2 amide bonds. The number of hydrogen-bond acceptors (Lipinski definition) is 3. The van der Waals surface area contributed by atoms with Gasteiger partial charge in [-0.2, -0.15) is 0 Å². The molecule has 6 heteroatoms. The number of likely N-dealkylation sites (tertiary alicyclic amines) is 1. The molecule has 0 bridgehead atoms. The summed E-state index contributed by atoms with van der Waals surface area (Å²) in [6.07, 6.45) is 1.02. The monoisotopic (exact) mass is 384 g/mol. The van der Waals surface area contributed by atoms with Crippen LogP contribution in [0.2, 0.25) is 0 Å². The SMILES string of the molecule is Cc1ccc(Sc2ccc(NC(=O)N3CCC(C(=O)O)CC3)cc2)cc1C. The minimum atomic E-state index is -0.771. The summed E-state index contributed by atoms with van der Waals surface area (Å²) in [5.41, 5.74) is 3.30. The van der Waals surface area contributed by atoms with Crippen molar-refractivity contribution in [2.75, 3.05) is 18.4 Å². The lowest BCUT2D eigenvalue weighted by atomic mass is 9.97. The molecule has 0 unspecified atom stereocenters. The Morgan fingerprint density at radius 2 is 1.63 bits per heavy atom. The van der Waals surface area contributed by atoms with Crippen molar-refractivity contribution in [3.63, 3.8) is 0 Å². The van der Waals surface area contributed by atoms with Gasteiger partial charge in [0.05, 0.1) is 5.92 Å². The molecule has 1 aliphatic heterocycles. The number of carbonyl (C=O) groups is 2. The third kappa shape index (κ3) is 5.04. The fraction of sp³-hybridized carbons (Fsp3) is 0.333. The number of piperidine rings is 1. The summed E-state index contributed by atoms with van der Waals surface area (Å²) in [5, 5.41) is 11.9. The van der Waals surface area contributed by atoms with Crippen molar-refractivity contribution >= 4 is 29.4 Å². The number of carboxylic acid groups (broad SMARTS) is 1. The molecule has 1 heterocycles. The fourth-order valence-electron chi connectivity index (χ4n) is 3.05. The predicted molar refractivity (Wildman–Crippen MR) is 107 cm³/mol. The molecule has 0 aromatic heterocycles. The summed E-state index contributed by atoms with van der Waals surface area (Å²) in [4.78, 5) is 27.3. The van der Waals surface area contributed by atoms with E-state index < -0.39 is 5.97 Å². The van der Waals surface area contributed by atoms with E-state index in [1.165, 1.54) is 16.0 Å². The number of nitrogens with one attached hydrogen (secondary N) is 1. The highest BCUT2D eigenvalue weighted by molar-refractivity contribution is 7.99. The maximum Gasteiger partial charge on any atom is 0.321 e. The van der Waals surface area contributed by atoms with E-state index in [0.29, 0.717) is 25.9 Å². The highest BCUT2D eigenvalue weighted by Gasteiger charge is 2.26. The molecular weight excluding hydrogens is 360 g/mol. The van der Waals surface area contributed by atoms with E-state index in [-0.39, 0.29) is 11.9 Å². The molecule has 0 atom stereocenters. The summed E-state index contributed by atoms with van der Waals surface area (Å²) >= 11 is 1.69. The number of benzene rings is 2. The first-order valence-corrected chi connectivity index (χ1v) is 9.88. The van der Waals surface area contributed by atoms with Gasteiger partial charge in [-0.1, -0.05) is 17.8 Å². The molecule has 0 saturated carbocycles. The normalized spacial score (nSPS) is 14.8. The zero-order chi connectivity index (χ0) is 19.4. The molecule has 5 nitrogen and oxygen atoms in total. The lowest BCUT2D eigenvalue weighted by Crippen LogP contribution is -2.42. The molecular formula is C21H24N2O3S. The summed E-state index contributed by atoms with van der Waals surface area (Å²) in [5.74, 6) is -1.11. The first-order chi connectivity index (χ1) is 12.9. The van der Waals surface area contributed by atoms with Crippen molar-refractivity contribution in [1.82, 2.24) is 4.90 Å². The molecule has 27 heavy (non-hydrogen) atoms. The molecule has 0 spiro atoms. The molecule has 2 aromatic carbocycles. The van der Waals surface area contributed by atoms with Crippen LogP contribution in [-0.4, -0.2) is 35.1 Å². The van der Waals surface area contributed by atoms with E-state index in [9.17, 15) is 9.59 Å². The van der Waals surface area contributed by atoms with Gasteiger partial charge in [0.25, 0.3) is 0 Å². The molecule has 2 N–H and O–H groups in total. The van der Waals surface area contributed by atoms with Crippen molar-refractivity contribution in [1.29, 1.82) is 0 Å². The Kier molecular flexibility index (Phi) is 6.06. The van der Waals surface area contributed by atoms with Crippen LogP contribution < -0.4 is 5.32 Å². The Labute approximate surface area is 163 Å². The van der Waals surface area contributed by atoms with Crippen LogP contribution in [0.5, 0.6) is 0 Å². The van der Waals surface area contributed by atoms with Crippen molar-refractivity contribution in [3.8, 4) is 0 Å². The second-order valence-electron chi connectivity index (χ2n) is 6.90. The highest BCUT2D eigenvalue weighted by Crippen LogP contribution is 2.30. The zero-order valence-electron chi connectivity index (χ0n) is 15.6. The van der Waals surface area contributed by atoms with Gasteiger partial charge in [-0.15, -0.1) is 0 Å². The van der Waals surface area contributed by atoms with E-state index in [1.54, 1.807) is 16.7 Å². The highest BCUT2D eigenvalue weighted by atomic mass is 32.2. The summed E-state index contributed by atoms with van der Waals surface area (Å²) in [6, 6.07) is 14.0. The van der Waals surface area contributed by atoms with E-state index in [2.05, 4.69) is 37.4 Å². The molecule has 142 valence electrons. The van der Waals surface area contributed by atoms with E-state index >= 15 is 0 Å². The van der Waals surface area contributed by atoms with Crippen LogP contribution in [0.15, 0.2) is 52.3 Å². The summed E-state index contributed by atoms with van der Waals surface area (Å²) < 4.78 is 0. The smallest absolute Gasteiger partial charge is 0.321 e. The predicted octanol–water partition coefficient (Wildman–Crippen LogP) is 4.78. The van der Waals surface area contributed by atoms with Gasteiger partial charge in [0.15, 0.2) is 0 Å². The van der Waals surface area contributed by atoms with Gasteiger partial charge in [0, 0.05) is 28.6 Å². The molecule has 0 aliphatic carbocycles. The van der Waals surface area contributed by atoms with Gasteiger partial charge in [-0.25, -0.2) is 4.79 Å². The number of carboxylic acids is 1. The molecule has 2 aromatic rings. The van der Waals surface area contributed by atoms with Gasteiger partial charge in [0.2, 0.25) is 0 Å². The Morgan fingerprint density at radius 1 is 1.00 bits per heavy atom. The number of anilines is 1. The van der Waals surface area contributed by atoms with Gasteiger partial charge < -0.3 is 15.3 Å². The molecule has 1 aliphatic rings. The lowest BCUT2D eigenvalue weighted by molar-refractivity contribution is -0.143. The summed E-state index contributed by atoms with van der Waals surface area (Å²) in [6.45, 7) is 5.16. The van der Waals surface area contributed by atoms with Crippen molar-refractivity contribution in [2.24, 2.45) is 5.92 Å². The Bertz CT molecular complexity index is 828. The molecule has 1 saturated heterocycles. The quantitative estimate of drug-likeness (QED) is 0.796. The number of rotatable bonds is 4. The van der Waals surface area contributed by atoms with Crippen LogP contribution >= 0.6 is 11.8 Å². The maximum absolute atomic E-state index is 12.4. The van der Waals surface area contributed by atoms with Gasteiger partial charge in [-0.05, 0) is 74.2 Å². The van der Waals surface area contributed by atoms with Crippen molar-refractivity contribution in [2.45, 2.75) is 36.5 Å². The largest absolute Gasteiger partial charge is 0.481 e. The number of amides is 2. The van der Waals surface area contributed by atoms with Crippen LogP contribution in [-0.2, 0) is 4.79 Å². The third-order valence-corrected chi connectivity index (χ3v) is 5.95. The van der Waals surface area contributed by atoms with Crippen molar-refractivity contribution in [3.05, 3.63) is 53.6 Å². The number of aryl methyl sites for hydroxylation is 2. The summed E-state index contributed by atoms with van der Waals surface area (Å²) in [7, 11) is 0. The Hall–Kier alpha value is -2.47.